The molecule has 1 aliphatic carbocycles. The molecule has 1 fully saturated rings. The van der Waals surface area contributed by atoms with E-state index < -0.39 is 12.7 Å². The van der Waals surface area contributed by atoms with Crippen molar-refractivity contribution in [3.05, 3.63) is 0 Å². The number of alkyl halides is 3. The molecular formula is C15H29F3N4. The minimum Gasteiger partial charge on any atom is -0.357 e. The number of aliphatic imine (C=N–C) groups is 1. The van der Waals surface area contributed by atoms with Gasteiger partial charge in [0.05, 0.1) is 6.54 Å². The zero-order chi connectivity index (χ0) is 16.4. The molecule has 0 spiro atoms. The molecule has 0 saturated heterocycles. The van der Waals surface area contributed by atoms with Crippen LogP contribution >= 0.6 is 0 Å². The van der Waals surface area contributed by atoms with Crippen molar-refractivity contribution in [2.24, 2.45) is 4.99 Å². The average molecular weight is 322 g/mol. The van der Waals surface area contributed by atoms with Crippen LogP contribution in [-0.2, 0) is 0 Å². The molecule has 0 aromatic carbocycles. The summed E-state index contributed by atoms with van der Waals surface area (Å²) in [7, 11) is 1.49. The highest BCUT2D eigenvalue weighted by atomic mass is 19.4. The van der Waals surface area contributed by atoms with Crippen molar-refractivity contribution >= 4 is 5.96 Å². The van der Waals surface area contributed by atoms with Gasteiger partial charge >= 0.3 is 6.18 Å². The van der Waals surface area contributed by atoms with Gasteiger partial charge in [-0.3, -0.25) is 9.89 Å². The molecule has 0 radical (unpaired) electrons. The first-order valence-corrected chi connectivity index (χ1v) is 8.21. The van der Waals surface area contributed by atoms with Crippen molar-refractivity contribution in [3.8, 4) is 0 Å². The quantitative estimate of drug-likeness (QED) is 0.430. The van der Waals surface area contributed by atoms with Crippen molar-refractivity contribution in [1.82, 2.24) is 15.5 Å². The third-order valence-electron chi connectivity index (χ3n) is 3.71. The van der Waals surface area contributed by atoms with Crippen molar-refractivity contribution in [2.75, 3.05) is 33.2 Å². The Morgan fingerprint density at radius 2 is 1.91 bits per heavy atom. The third-order valence-corrected chi connectivity index (χ3v) is 3.71. The summed E-state index contributed by atoms with van der Waals surface area (Å²) in [6, 6.07) is 0.472. The van der Waals surface area contributed by atoms with Gasteiger partial charge in [-0.05, 0) is 39.8 Å². The summed E-state index contributed by atoms with van der Waals surface area (Å²) in [6.45, 7) is 2.86. The van der Waals surface area contributed by atoms with Crippen LogP contribution in [0.15, 0.2) is 4.99 Å². The van der Waals surface area contributed by atoms with Gasteiger partial charge in [0.15, 0.2) is 5.96 Å². The molecule has 1 rings (SSSR count). The molecule has 0 heterocycles. The fourth-order valence-electron chi connectivity index (χ4n) is 2.68. The van der Waals surface area contributed by atoms with E-state index >= 15 is 0 Å². The SMILES string of the molecule is CCNC(=NCCCN(C)CC(F)(F)F)NC1CCCCC1. The lowest BCUT2D eigenvalue weighted by molar-refractivity contribution is -0.143. The van der Waals surface area contributed by atoms with Gasteiger partial charge in [0.1, 0.15) is 0 Å². The van der Waals surface area contributed by atoms with E-state index in [1.54, 1.807) is 0 Å². The smallest absolute Gasteiger partial charge is 0.357 e. The first kappa shape index (κ1) is 19.1. The Labute approximate surface area is 131 Å². The molecule has 22 heavy (non-hydrogen) atoms. The molecule has 1 aliphatic rings. The first-order valence-electron chi connectivity index (χ1n) is 8.21. The zero-order valence-electron chi connectivity index (χ0n) is 13.7. The molecule has 0 amide bonds. The average Bonchev–Trinajstić information content (AvgIpc) is 2.43. The van der Waals surface area contributed by atoms with Gasteiger partial charge in [-0.15, -0.1) is 0 Å². The number of nitrogens with zero attached hydrogens (tertiary/aromatic N) is 2. The Balaban J connectivity index is 2.29. The van der Waals surface area contributed by atoms with E-state index in [-0.39, 0.29) is 0 Å². The van der Waals surface area contributed by atoms with E-state index in [9.17, 15) is 13.2 Å². The predicted molar refractivity (Wildman–Crippen MR) is 84.2 cm³/mol. The van der Waals surface area contributed by atoms with Crippen molar-refractivity contribution < 1.29 is 13.2 Å². The summed E-state index contributed by atoms with van der Waals surface area (Å²) in [5.41, 5.74) is 0. The summed E-state index contributed by atoms with van der Waals surface area (Å²) >= 11 is 0. The van der Waals surface area contributed by atoms with Gasteiger partial charge in [-0.25, -0.2) is 0 Å². The molecule has 2 N–H and O–H groups in total. The molecule has 0 aliphatic heterocycles. The molecule has 0 aromatic heterocycles. The van der Waals surface area contributed by atoms with Gasteiger partial charge in [0, 0.05) is 19.1 Å². The van der Waals surface area contributed by atoms with Crippen molar-refractivity contribution in [2.45, 2.75) is 57.7 Å². The lowest BCUT2D eigenvalue weighted by Crippen LogP contribution is -2.44. The van der Waals surface area contributed by atoms with E-state index in [0.717, 1.165) is 12.5 Å². The van der Waals surface area contributed by atoms with E-state index in [4.69, 9.17) is 0 Å². The van der Waals surface area contributed by atoms with Crippen LogP contribution in [0.25, 0.3) is 0 Å². The molecule has 7 heteroatoms. The molecule has 0 aromatic rings. The lowest BCUT2D eigenvalue weighted by atomic mass is 9.96. The van der Waals surface area contributed by atoms with Crippen LogP contribution < -0.4 is 10.6 Å². The largest absolute Gasteiger partial charge is 0.401 e. The highest BCUT2D eigenvalue weighted by Crippen LogP contribution is 2.17. The molecule has 0 unspecified atom stereocenters. The summed E-state index contributed by atoms with van der Waals surface area (Å²) in [5, 5.41) is 6.63. The number of hydrogen-bond acceptors (Lipinski definition) is 2. The Morgan fingerprint density at radius 1 is 1.23 bits per heavy atom. The van der Waals surface area contributed by atoms with Crippen molar-refractivity contribution in [1.29, 1.82) is 0 Å². The summed E-state index contributed by atoms with van der Waals surface area (Å²) in [6.07, 6.45) is 2.62. The highest BCUT2D eigenvalue weighted by Gasteiger charge is 2.28. The lowest BCUT2D eigenvalue weighted by Gasteiger charge is -2.25. The minimum absolute atomic E-state index is 0.395. The number of hydrogen-bond donors (Lipinski definition) is 2. The van der Waals surface area contributed by atoms with E-state index in [1.807, 2.05) is 6.92 Å². The first-order chi connectivity index (χ1) is 10.4. The zero-order valence-corrected chi connectivity index (χ0v) is 13.7. The molecule has 0 bridgehead atoms. The summed E-state index contributed by atoms with van der Waals surface area (Å²) < 4.78 is 36.6. The Hall–Kier alpha value is -0.980. The van der Waals surface area contributed by atoms with Crippen LogP contribution in [-0.4, -0.2) is 56.3 Å². The number of halogens is 3. The van der Waals surface area contributed by atoms with Gasteiger partial charge < -0.3 is 10.6 Å². The maximum absolute atomic E-state index is 12.2. The molecule has 4 nitrogen and oxygen atoms in total. The van der Waals surface area contributed by atoms with Crippen LogP contribution in [0.2, 0.25) is 0 Å². The molecule has 1 saturated carbocycles. The fraction of sp³-hybridized carbons (Fsp3) is 0.933. The Bertz CT molecular complexity index is 325. The Morgan fingerprint density at radius 3 is 2.50 bits per heavy atom. The van der Waals surface area contributed by atoms with Gasteiger partial charge in [-0.1, -0.05) is 19.3 Å². The second-order valence-corrected chi connectivity index (χ2v) is 5.95. The van der Waals surface area contributed by atoms with Crippen LogP contribution in [0.4, 0.5) is 13.2 Å². The Kier molecular flexibility index (Phi) is 8.60. The maximum atomic E-state index is 12.2. The fourth-order valence-corrected chi connectivity index (χ4v) is 2.68. The van der Waals surface area contributed by atoms with Crippen molar-refractivity contribution in [3.63, 3.8) is 0 Å². The molecular weight excluding hydrogens is 293 g/mol. The second-order valence-electron chi connectivity index (χ2n) is 5.95. The van der Waals surface area contributed by atoms with Gasteiger partial charge in [0.2, 0.25) is 0 Å². The molecule has 0 atom stereocenters. The maximum Gasteiger partial charge on any atom is 0.401 e. The predicted octanol–water partition coefficient (Wildman–Crippen LogP) is 2.76. The summed E-state index contributed by atoms with van der Waals surface area (Å²) in [5.74, 6) is 0.785. The number of nitrogens with one attached hydrogen (secondary N) is 2. The van der Waals surface area contributed by atoms with Crippen LogP contribution in [0.5, 0.6) is 0 Å². The highest BCUT2D eigenvalue weighted by molar-refractivity contribution is 5.80. The second kappa shape index (κ2) is 9.92. The topological polar surface area (TPSA) is 39.7 Å². The van der Waals surface area contributed by atoms with Gasteiger partial charge in [-0.2, -0.15) is 13.2 Å². The number of rotatable bonds is 7. The van der Waals surface area contributed by atoms with E-state index in [0.29, 0.717) is 25.6 Å². The van der Waals surface area contributed by atoms with Crippen LogP contribution in [0, 0.1) is 0 Å². The normalized spacial score (nSPS) is 17.8. The number of guanidine groups is 1. The summed E-state index contributed by atoms with van der Waals surface area (Å²) in [4.78, 5) is 5.75. The monoisotopic (exact) mass is 322 g/mol. The molecule has 130 valence electrons. The van der Waals surface area contributed by atoms with Crippen LogP contribution in [0.3, 0.4) is 0 Å². The van der Waals surface area contributed by atoms with E-state index in [2.05, 4.69) is 15.6 Å². The standard InChI is InChI=1S/C15H29F3N4/c1-3-19-14(21-13-8-5-4-6-9-13)20-10-7-11-22(2)12-15(16,17)18/h13H,3-12H2,1-2H3,(H2,19,20,21). The van der Waals surface area contributed by atoms with Crippen LogP contribution in [0.1, 0.15) is 45.4 Å². The minimum atomic E-state index is -4.13. The third kappa shape index (κ3) is 9.12. The van der Waals surface area contributed by atoms with Gasteiger partial charge in [0.25, 0.3) is 0 Å². The van der Waals surface area contributed by atoms with E-state index in [1.165, 1.54) is 44.1 Å².